The average Bonchev–Trinajstić information content (AvgIpc) is 2.36. The highest BCUT2D eigenvalue weighted by Crippen LogP contribution is 2.28. The first-order valence-corrected chi connectivity index (χ1v) is 7.24. The van der Waals surface area contributed by atoms with E-state index in [2.05, 4.69) is 42.4 Å². The molecular weight excluding hydrogens is 244 g/mol. The molecule has 2 atom stereocenters. The number of rotatable bonds is 4. The summed E-state index contributed by atoms with van der Waals surface area (Å²) in [4.78, 5) is 2.42. The fraction of sp³-hybridized carbons (Fsp3) is 0.600. The van der Waals surface area contributed by atoms with Gasteiger partial charge in [0.1, 0.15) is 0 Å². The summed E-state index contributed by atoms with van der Waals surface area (Å²) >= 11 is 6.09. The minimum absolute atomic E-state index is 0.594. The van der Waals surface area contributed by atoms with Crippen molar-refractivity contribution in [1.29, 1.82) is 0 Å². The molecule has 1 N–H and O–H groups in total. The van der Waals surface area contributed by atoms with Crippen molar-refractivity contribution < 1.29 is 0 Å². The Morgan fingerprint density at radius 3 is 2.94 bits per heavy atom. The zero-order valence-corrected chi connectivity index (χ0v) is 12.1. The van der Waals surface area contributed by atoms with Crippen LogP contribution in [0.2, 0.25) is 5.02 Å². The van der Waals surface area contributed by atoms with Gasteiger partial charge in [-0.1, -0.05) is 30.7 Å². The van der Waals surface area contributed by atoms with E-state index < -0.39 is 0 Å². The molecule has 1 fully saturated rings. The first kappa shape index (κ1) is 13.9. The number of nitrogens with one attached hydrogen (secondary N) is 1. The molecule has 0 aliphatic carbocycles. The van der Waals surface area contributed by atoms with Crippen LogP contribution in [0.5, 0.6) is 0 Å². The molecule has 2 rings (SSSR count). The summed E-state index contributed by atoms with van der Waals surface area (Å²) in [6.07, 6.45) is 2.41. The van der Waals surface area contributed by atoms with Gasteiger partial charge < -0.3 is 10.2 Å². The number of hydrogen-bond acceptors (Lipinski definition) is 2. The second kappa shape index (κ2) is 6.55. The smallest absolute Gasteiger partial charge is 0.0408 e. The summed E-state index contributed by atoms with van der Waals surface area (Å²) in [5.74, 6) is 0.594. The van der Waals surface area contributed by atoms with Crippen molar-refractivity contribution in [2.75, 3.05) is 26.7 Å². The van der Waals surface area contributed by atoms with E-state index in [9.17, 15) is 0 Å². The van der Waals surface area contributed by atoms with Gasteiger partial charge in [-0.25, -0.2) is 0 Å². The minimum atomic E-state index is 0.594. The summed E-state index contributed by atoms with van der Waals surface area (Å²) in [7, 11) is 2.21. The molecule has 1 aliphatic rings. The van der Waals surface area contributed by atoms with E-state index in [4.69, 9.17) is 11.6 Å². The van der Waals surface area contributed by atoms with E-state index in [0.29, 0.717) is 12.0 Å². The van der Waals surface area contributed by atoms with Crippen LogP contribution >= 0.6 is 11.6 Å². The van der Waals surface area contributed by atoms with Gasteiger partial charge >= 0.3 is 0 Å². The average molecular weight is 267 g/mol. The number of piperidine rings is 1. The Morgan fingerprint density at radius 1 is 1.39 bits per heavy atom. The number of likely N-dealkylation sites (N-methyl/N-ethyl adjacent to an activating group) is 1. The normalized spacial score (nSPS) is 25.3. The Labute approximate surface area is 115 Å². The first-order chi connectivity index (χ1) is 8.69. The molecule has 1 aromatic rings. The van der Waals surface area contributed by atoms with Gasteiger partial charge in [0, 0.05) is 24.2 Å². The summed E-state index contributed by atoms with van der Waals surface area (Å²) in [6, 6.07) is 8.92. The topological polar surface area (TPSA) is 15.3 Å². The largest absolute Gasteiger partial charge is 0.313 e. The van der Waals surface area contributed by atoms with Gasteiger partial charge in [-0.15, -0.1) is 0 Å². The molecule has 0 aromatic heterocycles. The first-order valence-electron chi connectivity index (χ1n) is 6.86. The van der Waals surface area contributed by atoms with Crippen molar-refractivity contribution in [3.8, 4) is 0 Å². The maximum absolute atomic E-state index is 6.09. The predicted molar refractivity (Wildman–Crippen MR) is 78.4 cm³/mol. The lowest BCUT2D eigenvalue weighted by Crippen LogP contribution is -2.47. The third-order valence-electron chi connectivity index (χ3n) is 3.64. The van der Waals surface area contributed by atoms with Crippen molar-refractivity contribution >= 4 is 11.6 Å². The zero-order valence-electron chi connectivity index (χ0n) is 11.3. The Hall–Kier alpha value is -0.570. The van der Waals surface area contributed by atoms with Crippen LogP contribution in [0, 0.1) is 0 Å². The lowest BCUT2D eigenvalue weighted by Gasteiger charge is -2.36. The fourth-order valence-electron chi connectivity index (χ4n) is 2.82. The van der Waals surface area contributed by atoms with Gasteiger partial charge in [0.25, 0.3) is 0 Å². The number of benzene rings is 1. The zero-order chi connectivity index (χ0) is 13.0. The summed E-state index contributed by atoms with van der Waals surface area (Å²) in [5, 5.41) is 4.49. The molecule has 1 heterocycles. The standard InChI is InChI=1S/C15H23ClN2/c1-3-7-17-15-9-13(10-18(2)11-15)12-5-4-6-14(16)8-12/h4-6,8,13,15,17H,3,7,9-11H2,1-2H3. The van der Waals surface area contributed by atoms with E-state index in [1.807, 2.05) is 6.07 Å². The lowest BCUT2D eigenvalue weighted by atomic mass is 9.88. The van der Waals surface area contributed by atoms with Crippen LogP contribution < -0.4 is 5.32 Å². The Balaban J connectivity index is 2.03. The molecule has 1 aliphatic heterocycles. The molecule has 0 radical (unpaired) electrons. The van der Waals surface area contributed by atoms with Gasteiger partial charge in [0.05, 0.1) is 0 Å². The molecule has 2 nitrogen and oxygen atoms in total. The van der Waals surface area contributed by atoms with Gasteiger partial charge in [-0.2, -0.15) is 0 Å². The highest BCUT2D eigenvalue weighted by molar-refractivity contribution is 6.30. The van der Waals surface area contributed by atoms with Crippen molar-refractivity contribution in [3.05, 3.63) is 34.9 Å². The molecule has 0 bridgehead atoms. The predicted octanol–water partition coefficient (Wildman–Crippen LogP) is 3.13. The molecule has 1 saturated heterocycles. The quantitative estimate of drug-likeness (QED) is 0.901. The molecule has 1 aromatic carbocycles. The van der Waals surface area contributed by atoms with Crippen LogP contribution in [-0.4, -0.2) is 37.6 Å². The van der Waals surface area contributed by atoms with Crippen LogP contribution in [0.15, 0.2) is 24.3 Å². The number of halogens is 1. The van der Waals surface area contributed by atoms with E-state index in [1.54, 1.807) is 0 Å². The second-order valence-corrected chi connectivity index (χ2v) is 5.80. The van der Waals surface area contributed by atoms with Crippen LogP contribution in [-0.2, 0) is 0 Å². The number of nitrogens with zero attached hydrogens (tertiary/aromatic N) is 1. The Morgan fingerprint density at radius 2 is 2.22 bits per heavy atom. The minimum Gasteiger partial charge on any atom is -0.313 e. The van der Waals surface area contributed by atoms with Crippen LogP contribution in [0.1, 0.15) is 31.2 Å². The molecule has 100 valence electrons. The molecule has 18 heavy (non-hydrogen) atoms. The summed E-state index contributed by atoms with van der Waals surface area (Å²) in [5.41, 5.74) is 1.37. The maximum Gasteiger partial charge on any atom is 0.0408 e. The summed E-state index contributed by atoms with van der Waals surface area (Å²) < 4.78 is 0. The molecule has 0 spiro atoms. The Kier molecular flexibility index (Phi) is 5.04. The summed E-state index contributed by atoms with van der Waals surface area (Å²) in [6.45, 7) is 5.61. The van der Waals surface area contributed by atoms with Crippen LogP contribution in [0.25, 0.3) is 0 Å². The van der Waals surface area contributed by atoms with Gasteiger partial charge in [0.2, 0.25) is 0 Å². The molecule has 3 heteroatoms. The van der Waals surface area contributed by atoms with Crippen LogP contribution in [0.4, 0.5) is 0 Å². The third kappa shape index (κ3) is 3.71. The monoisotopic (exact) mass is 266 g/mol. The number of likely N-dealkylation sites (tertiary alicyclic amines) is 1. The molecule has 2 unspecified atom stereocenters. The van der Waals surface area contributed by atoms with Crippen molar-refractivity contribution in [2.45, 2.75) is 31.7 Å². The molecular formula is C15H23ClN2. The highest BCUT2D eigenvalue weighted by atomic mass is 35.5. The van der Waals surface area contributed by atoms with E-state index in [-0.39, 0.29) is 0 Å². The van der Waals surface area contributed by atoms with Gasteiger partial charge in [0.15, 0.2) is 0 Å². The fourth-order valence-corrected chi connectivity index (χ4v) is 3.02. The SMILES string of the molecule is CCCNC1CC(c2cccc(Cl)c2)CN(C)C1. The lowest BCUT2D eigenvalue weighted by molar-refractivity contribution is 0.205. The molecule has 0 amide bonds. The second-order valence-electron chi connectivity index (χ2n) is 5.36. The third-order valence-corrected chi connectivity index (χ3v) is 3.87. The van der Waals surface area contributed by atoms with Crippen molar-refractivity contribution in [2.24, 2.45) is 0 Å². The highest BCUT2D eigenvalue weighted by Gasteiger charge is 2.25. The van der Waals surface area contributed by atoms with E-state index in [0.717, 1.165) is 24.7 Å². The van der Waals surface area contributed by atoms with Gasteiger partial charge in [-0.05, 0) is 50.0 Å². The van der Waals surface area contributed by atoms with Crippen molar-refractivity contribution in [3.63, 3.8) is 0 Å². The molecule has 0 saturated carbocycles. The van der Waals surface area contributed by atoms with Gasteiger partial charge in [-0.3, -0.25) is 0 Å². The van der Waals surface area contributed by atoms with E-state index in [1.165, 1.54) is 18.4 Å². The number of hydrogen-bond donors (Lipinski definition) is 1. The van der Waals surface area contributed by atoms with Crippen molar-refractivity contribution in [1.82, 2.24) is 10.2 Å². The Bertz CT molecular complexity index is 381. The van der Waals surface area contributed by atoms with Crippen LogP contribution in [0.3, 0.4) is 0 Å². The van der Waals surface area contributed by atoms with E-state index >= 15 is 0 Å². The maximum atomic E-state index is 6.09.